The molecule has 4 aliphatic carbocycles. The van der Waals surface area contributed by atoms with E-state index in [1.165, 1.54) is 25.7 Å². The predicted octanol–water partition coefficient (Wildman–Crippen LogP) is 5.64. The maximum absolute atomic E-state index is 13.5. The number of carbonyl (C=O) groups excluding carboxylic acids is 1. The van der Waals surface area contributed by atoms with E-state index in [4.69, 9.17) is 4.42 Å². The molecule has 1 N–H and O–H groups in total. The van der Waals surface area contributed by atoms with Gasteiger partial charge in [0.1, 0.15) is 5.76 Å². The molecular formula is C25H34O3. The maximum Gasteiger partial charge on any atom is 0.165 e. The van der Waals surface area contributed by atoms with Gasteiger partial charge in [-0.25, -0.2) is 0 Å². The van der Waals surface area contributed by atoms with Gasteiger partial charge in [-0.2, -0.15) is 0 Å². The molecule has 4 fully saturated rings. The second-order valence-electron chi connectivity index (χ2n) is 10.6. The SMILES string of the molecule is C[C@]12CC[C@H](O)C[C@@H]1CC[C@@H]1[C@@H]2CC[C@]2(C)C(=O)/C(=C/c3ccco3)CC[C@@H]12. The minimum atomic E-state index is -0.199. The standard InChI is InChI=1S/C25H34O3/c1-24-11-9-18(26)15-17(24)6-7-20-21-8-5-16(14-19-4-3-13-28-19)23(27)25(21,2)12-10-22(20)24/h3-4,13-14,17-18,20-22,26H,5-12,15H2,1-2H3/b16-14+/t17-,18-,20-,21-,22-,24-,25-/m0/s1. The van der Waals surface area contributed by atoms with Crippen LogP contribution >= 0.6 is 0 Å². The molecule has 4 aliphatic rings. The first-order valence-corrected chi connectivity index (χ1v) is 11.4. The van der Waals surface area contributed by atoms with Crippen molar-refractivity contribution in [2.45, 2.75) is 77.7 Å². The first-order valence-electron chi connectivity index (χ1n) is 11.4. The molecule has 5 rings (SSSR count). The number of allylic oxidation sites excluding steroid dienone is 1. The Morgan fingerprint density at radius 3 is 2.75 bits per heavy atom. The van der Waals surface area contributed by atoms with Crippen molar-refractivity contribution < 1.29 is 14.3 Å². The van der Waals surface area contributed by atoms with E-state index in [1.807, 2.05) is 18.2 Å². The van der Waals surface area contributed by atoms with Gasteiger partial charge >= 0.3 is 0 Å². The van der Waals surface area contributed by atoms with Gasteiger partial charge in [-0.05, 0) is 111 Å². The van der Waals surface area contributed by atoms with E-state index in [-0.39, 0.29) is 11.5 Å². The molecular weight excluding hydrogens is 348 g/mol. The van der Waals surface area contributed by atoms with Gasteiger partial charge in [0.05, 0.1) is 12.4 Å². The lowest BCUT2D eigenvalue weighted by Crippen LogP contribution is -2.57. The fraction of sp³-hybridized carbons (Fsp3) is 0.720. The van der Waals surface area contributed by atoms with Gasteiger partial charge in [0.25, 0.3) is 0 Å². The Labute approximate surface area is 168 Å². The first kappa shape index (κ1) is 18.7. The molecule has 0 aliphatic heterocycles. The third-order valence-corrected chi connectivity index (χ3v) is 9.42. The van der Waals surface area contributed by atoms with Gasteiger partial charge in [-0.15, -0.1) is 0 Å². The summed E-state index contributed by atoms with van der Waals surface area (Å²) in [4.78, 5) is 13.5. The molecule has 3 heteroatoms. The van der Waals surface area contributed by atoms with Crippen LogP contribution in [0.4, 0.5) is 0 Å². The minimum Gasteiger partial charge on any atom is -0.465 e. The topological polar surface area (TPSA) is 50.4 Å². The van der Waals surface area contributed by atoms with Gasteiger partial charge in [0, 0.05) is 5.41 Å². The van der Waals surface area contributed by atoms with Crippen LogP contribution in [0.3, 0.4) is 0 Å². The van der Waals surface area contributed by atoms with E-state index < -0.39 is 0 Å². The molecule has 1 aromatic rings. The number of Topliss-reactive ketones (excluding diaryl/α,β-unsaturated/α-hetero) is 1. The Morgan fingerprint density at radius 1 is 1.11 bits per heavy atom. The van der Waals surface area contributed by atoms with Crippen molar-refractivity contribution in [1.82, 2.24) is 0 Å². The zero-order chi connectivity index (χ0) is 19.5. The number of ketones is 1. The molecule has 28 heavy (non-hydrogen) atoms. The van der Waals surface area contributed by atoms with E-state index in [0.717, 1.165) is 49.4 Å². The van der Waals surface area contributed by atoms with Gasteiger partial charge in [0.15, 0.2) is 5.78 Å². The molecule has 152 valence electrons. The maximum atomic E-state index is 13.5. The van der Waals surface area contributed by atoms with Crippen molar-refractivity contribution in [3.05, 3.63) is 29.7 Å². The molecule has 7 atom stereocenters. The average Bonchev–Trinajstić information content (AvgIpc) is 3.18. The second kappa shape index (κ2) is 6.58. The molecule has 0 radical (unpaired) electrons. The van der Waals surface area contributed by atoms with Gasteiger partial charge in [-0.3, -0.25) is 4.79 Å². The fourth-order valence-electron chi connectivity index (χ4n) is 7.84. The Balaban J connectivity index is 1.42. The van der Waals surface area contributed by atoms with Gasteiger partial charge in [-0.1, -0.05) is 13.8 Å². The summed E-state index contributed by atoms with van der Waals surface area (Å²) in [6, 6.07) is 3.82. The molecule has 1 heterocycles. The fourth-order valence-corrected chi connectivity index (χ4v) is 7.84. The van der Waals surface area contributed by atoms with Gasteiger partial charge in [0.2, 0.25) is 0 Å². The van der Waals surface area contributed by atoms with Crippen molar-refractivity contribution >= 4 is 11.9 Å². The van der Waals surface area contributed by atoms with Crippen molar-refractivity contribution in [2.24, 2.45) is 34.5 Å². The lowest BCUT2D eigenvalue weighted by atomic mass is 9.42. The van der Waals surface area contributed by atoms with Crippen LogP contribution in [0.25, 0.3) is 6.08 Å². The van der Waals surface area contributed by atoms with E-state index >= 15 is 0 Å². The minimum absolute atomic E-state index is 0.0889. The Bertz CT molecular complexity index is 778. The number of aliphatic hydroxyl groups is 1. The van der Waals surface area contributed by atoms with Crippen molar-refractivity contribution in [3.63, 3.8) is 0 Å². The number of furan rings is 1. The lowest BCUT2D eigenvalue weighted by Gasteiger charge is -2.62. The molecule has 0 saturated heterocycles. The highest BCUT2D eigenvalue weighted by Gasteiger charge is 2.59. The number of fused-ring (bicyclic) bond motifs is 5. The van der Waals surface area contributed by atoms with Crippen LogP contribution in [0.15, 0.2) is 28.4 Å². The summed E-state index contributed by atoms with van der Waals surface area (Å²) in [7, 11) is 0. The summed E-state index contributed by atoms with van der Waals surface area (Å²) in [6.07, 6.45) is 13.4. The van der Waals surface area contributed by atoms with Crippen LogP contribution < -0.4 is 0 Å². The normalized spacial score (nSPS) is 47.3. The highest BCUT2D eigenvalue weighted by atomic mass is 16.3. The van der Waals surface area contributed by atoms with Crippen molar-refractivity contribution in [3.8, 4) is 0 Å². The number of aliphatic hydroxyl groups excluding tert-OH is 1. The molecule has 0 bridgehead atoms. The smallest absolute Gasteiger partial charge is 0.165 e. The monoisotopic (exact) mass is 382 g/mol. The van der Waals surface area contributed by atoms with Crippen molar-refractivity contribution in [1.29, 1.82) is 0 Å². The second-order valence-corrected chi connectivity index (χ2v) is 10.6. The quantitative estimate of drug-likeness (QED) is 0.640. The zero-order valence-electron chi connectivity index (χ0n) is 17.3. The van der Waals surface area contributed by atoms with E-state index in [9.17, 15) is 9.90 Å². The molecule has 4 saturated carbocycles. The van der Waals surface area contributed by atoms with Gasteiger partial charge < -0.3 is 9.52 Å². The molecule has 0 amide bonds. The number of hydrogen-bond donors (Lipinski definition) is 1. The summed E-state index contributed by atoms with van der Waals surface area (Å²) < 4.78 is 5.47. The highest BCUT2D eigenvalue weighted by molar-refractivity contribution is 6.04. The predicted molar refractivity (Wildman–Crippen MR) is 109 cm³/mol. The van der Waals surface area contributed by atoms with E-state index in [0.29, 0.717) is 29.0 Å². The summed E-state index contributed by atoms with van der Waals surface area (Å²) >= 11 is 0. The summed E-state index contributed by atoms with van der Waals surface area (Å²) in [5, 5.41) is 10.2. The van der Waals surface area contributed by atoms with Crippen LogP contribution in [0.1, 0.15) is 77.4 Å². The summed E-state index contributed by atoms with van der Waals surface area (Å²) in [5.74, 6) is 3.80. The lowest BCUT2D eigenvalue weighted by molar-refractivity contribution is -0.153. The number of rotatable bonds is 1. The van der Waals surface area contributed by atoms with Crippen LogP contribution in [0.2, 0.25) is 0 Å². The molecule has 0 spiro atoms. The first-order chi connectivity index (χ1) is 13.4. The van der Waals surface area contributed by atoms with E-state index in [1.54, 1.807) is 6.26 Å². The Kier molecular flexibility index (Phi) is 4.39. The third kappa shape index (κ3) is 2.69. The highest BCUT2D eigenvalue weighted by Crippen LogP contribution is 2.65. The Hall–Kier alpha value is -1.35. The third-order valence-electron chi connectivity index (χ3n) is 9.42. The molecule has 0 unspecified atom stereocenters. The van der Waals surface area contributed by atoms with Crippen LogP contribution in [-0.2, 0) is 4.79 Å². The number of hydrogen-bond acceptors (Lipinski definition) is 3. The van der Waals surface area contributed by atoms with E-state index in [2.05, 4.69) is 13.8 Å². The summed E-state index contributed by atoms with van der Waals surface area (Å²) in [5.41, 5.74) is 1.14. The average molecular weight is 383 g/mol. The largest absolute Gasteiger partial charge is 0.465 e. The molecule has 1 aromatic heterocycles. The Morgan fingerprint density at radius 2 is 1.96 bits per heavy atom. The molecule has 0 aromatic carbocycles. The van der Waals surface area contributed by atoms with Crippen LogP contribution in [-0.4, -0.2) is 17.0 Å². The number of carbonyl (C=O) groups is 1. The summed E-state index contributed by atoms with van der Waals surface area (Å²) in [6.45, 7) is 4.76. The van der Waals surface area contributed by atoms with Crippen molar-refractivity contribution in [2.75, 3.05) is 0 Å². The zero-order valence-corrected chi connectivity index (χ0v) is 17.3. The van der Waals surface area contributed by atoms with Crippen LogP contribution in [0, 0.1) is 34.5 Å². The molecule has 3 nitrogen and oxygen atoms in total. The van der Waals surface area contributed by atoms with Crippen LogP contribution in [0.5, 0.6) is 0 Å².